The predicted octanol–water partition coefficient (Wildman–Crippen LogP) is 1.30. The van der Waals surface area contributed by atoms with Crippen LogP contribution in [0.1, 0.15) is 11.3 Å². The van der Waals surface area contributed by atoms with E-state index in [0.717, 1.165) is 10.9 Å². The van der Waals surface area contributed by atoms with E-state index < -0.39 is 17.8 Å². The Balaban J connectivity index is 1.61. The summed E-state index contributed by atoms with van der Waals surface area (Å²) < 4.78 is 6.92. The number of imide groups is 2. The number of urea groups is 1. The first kappa shape index (κ1) is 18.2. The molecule has 1 aromatic carbocycles. The predicted molar refractivity (Wildman–Crippen MR) is 102 cm³/mol. The molecule has 5 amide bonds. The Kier molecular flexibility index (Phi) is 4.70. The molecular weight excluding hydrogens is 376 g/mol. The molecule has 0 saturated carbocycles. The molecule has 0 spiro atoms. The Hall–Kier alpha value is -4.14. The number of nitrogens with one attached hydrogen (secondary N) is 3. The van der Waals surface area contributed by atoms with Crippen molar-refractivity contribution in [3.8, 4) is 0 Å². The van der Waals surface area contributed by atoms with Gasteiger partial charge in [-0.3, -0.25) is 25.0 Å². The first-order valence-corrected chi connectivity index (χ1v) is 8.76. The largest absolute Gasteiger partial charge is 0.467 e. The average molecular weight is 392 g/mol. The molecule has 0 aliphatic carbocycles. The van der Waals surface area contributed by atoms with Crippen LogP contribution in [0.15, 0.2) is 58.8 Å². The topological polar surface area (TPSA) is 122 Å². The number of hydrogen-bond acceptors (Lipinski definition) is 5. The van der Waals surface area contributed by atoms with Gasteiger partial charge in [0, 0.05) is 22.7 Å². The van der Waals surface area contributed by atoms with Crippen molar-refractivity contribution in [3.05, 3.63) is 65.8 Å². The molecule has 29 heavy (non-hydrogen) atoms. The van der Waals surface area contributed by atoms with Crippen molar-refractivity contribution >= 4 is 40.7 Å². The summed E-state index contributed by atoms with van der Waals surface area (Å²) in [7, 11) is 0. The minimum absolute atomic E-state index is 0.0429. The van der Waals surface area contributed by atoms with Gasteiger partial charge < -0.3 is 14.3 Å². The fourth-order valence-corrected chi connectivity index (χ4v) is 3.09. The number of hydrogen-bond donors (Lipinski definition) is 3. The average Bonchev–Trinajstić information content (AvgIpc) is 3.32. The van der Waals surface area contributed by atoms with Gasteiger partial charge in [0.25, 0.3) is 11.8 Å². The molecule has 3 aromatic rings. The minimum atomic E-state index is -0.854. The Morgan fingerprint density at radius 3 is 2.55 bits per heavy atom. The number of rotatable bonds is 5. The number of para-hydroxylation sites is 1. The molecule has 0 bridgehead atoms. The molecular formula is C20H16N4O5. The van der Waals surface area contributed by atoms with Gasteiger partial charge in [0.2, 0.25) is 5.91 Å². The standard InChI is InChI=1S/C20H16N4O5/c25-17(21-9-13-4-3-7-29-13)11-24-10-12(14-5-1-2-6-16(14)24)8-15-18(26)22-20(28)23-19(15)27/h1-8,10H,9,11H2,(H,21,25)(H2,22,23,26,27,28). The third kappa shape index (κ3) is 3.79. The maximum absolute atomic E-state index is 12.3. The molecule has 9 heteroatoms. The van der Waals surface area contributed by atoms with E-state index in [1.165, 1.54) is 12.3 Å². The number of aromatic nitrogens is 1. The highest BCUT2D eigenvalue weighted by Gasteiger charge is 2.28. The Labute approximate surface area is 164 Å². The smallest absolute Gasteiger partial charge is 0.328 e. The van der Waals surface area contributed by atoms with Crippen LogP contribution in [0.3, 0.4) is 0 Å². The number of amides is 5. The van der Waals surface area contributed by atoms with Crippen LogP contribution in [0.4, 0.5) is 4.79 Å². The highest BCUT2D eigenvalue weighted by molar-refractivity contribution is 6.31. The summed E-state index contributed by atoms with van der Waals surface area (Å²) in [5.74, 6) is -1.12. The lowest BCUT2D eigenvalue weighted by Gasteiger charge is -2.13. The number of carbonyl (C=O) groups is 4. The van der Waals surface area contributed by atoms with Crippen LogP contribution in [0.2, 0.25) is 0 Å². The second-order valence-electron chi connectivity index (χ2n) is 6.38. The normalized spacial score (nSPS) is 13.9. The van der Waals surface area contributed by atoms with Crippen LogP contribution in [0, 0.1) is 0 Å². The summed E-state index contributed by atoms with van der Waals surface area (Å²) >= 11 is 0. The van der Waals surface area contributed by atoms with Gasteiger partial charge in [-0.1, -0.05) is 18.2 Å². The molecule has 1 saturated heterocycles. The summed E-state index contributed by atoms with van der Waals surface area (Å²) in [6.07, 6.45) is 4.61. The van der Waals surface area contributed by atoms with Crippen LogP contribution < -0.4 is 16.0 Å². The van der Waals surface area contributed by atoms with E-state index in [4.69, 9.17) is 4.42 Å². The van der Waals surface area contributed by atoms with E-state index in [9.17, 15) is 19.2 Å². The molecule has 0 atom stereocenters. The monoisotopic (exact) mass is 392 g/mol. The summed E-state index contributed by atoms with van der Waals surface area (Å²) in [6, 6.07) is 9.95. The van der Waals surface area contributed by atoms with Crippen LogP contribution >= 0.6 is 0 Å². The summed E-state index contributed by atoms with van der Waals surface area (Å²) in [4.78, 5) is 47.6. The van der Waals surface area contributed by atoms with Gasteiger partial charge in [0.05, 0.1) is 12.8 Å². The number of furan rings is 1. The second-order valence-corrected chi connectivity index (χ2v) is 6.38. The number of benzene rings is 1. The van der Waals surface area contributed by atoms with Gasteiger partial charge in [0.15, 0.2) is 0 Å². The first-order valence-electron chi connectivity index (χ1n) is 8.76. The van der Waals surface area contributed by atoms with Crippen molar-refractivity contribution in [2.75, 3.05) is 0 Å². The molecule has 1 fully saturated rings. The van der Waals surface area contributed by atoms with Crippen molar-refractivity contribution < 1.29 is 23.6 Å². The number of nitrogens with zero attached hydrogens (tertiary/aromatic N) is 1. The van der Waals surface area contributed by atoms with E-state index in [1.54, 1.807) is 22.9 Å². The van der Waals surface area contributed by atoms with Gasteiger partial charge in [-0.15, -0.1) is 0 Å². The lowest BCUT2D eigenvalue weighted by Crippen LogP contribution is -2.51. The first-order chi connectivity index (χ1) is 14.0. The van der Waals surface area contributed by atoms with Crippen LogP contribution in [0.25, 0.3) is 17.0 Å². The Morgan fingerprint density at radius 1 is 1.07 bits per heavy atom. The quantitative estimate of drug-likeness (QED) is 0.446. The minimum Gasteiger partial charge on any atom is -0.467 e. The lowest BCUT2D eigenvalue weighted by molar-refractivity contribution is -0.124. The van der Waals surface area contributed by atoms with E-state index in [1.807, 2.05) is 34.9 Å². The van der Waals surface area contributed by atoms with Crippen LogP contribution in [0.5, 0.6) is 0 Å². The molecule has 1 aliphatic rings. The molecule has 146 valence electrons. The fraction of sp³-hybridized carbons (Fsp3) is 0.100. The summed E-state index contributed by atoms with van der Waals surface area (Å²) in [5.41, 5.74) is 1.16. The van der Waals surface area contributed by atoms with Crippen molar-refractivity contribution in [1.82, 2.24) is 20.5 Å². The molecule has 1 aliphatic heterocycles. The maximum atomic E-state index is 12.3. The molecule has 9 nitrogen and oxygen atoms in total. The van der Waals surface area contributed by atoms with Gasteiger partial charge in [-0.05, 0) is 24.3 Å². The SMILES string of the molecule is O=C(Cn1cc(C=C2C(=O)NC(=O)NC2=O)c2ccccc21)NCc1ccco1. The Bertz CT molecular complexity index is 1130. The van der Waals surface area contributed by atoms with E-state index in [2.05, 4.69) is 5.32 Å². The zero-order valence-electron chi connectivity index (χ0n) is 15.1. The molecule has 0 unspecified atom stereocenters. The summed E-state index contributed by atoms with van der Waals surface area (Å²) in [5, 5.41) is 7.61. The third-order valence-corrected chi connectivity index (χ3v) is 4.42. The third-order valence-electron chi connectivity index (χ3n) is 4.42. The highest BCUT2D eigenvalue weighted by atomic mass is 16.3. The van der Waals surface area contributed by atoms with Crippen LogP contribution in [-0.4, -0.2) is 28.3 Å². The van der Waals surface area contributed by atoms with Crippen molar-refractivity contribution in [3.63, 3.8) is 0 Å². The van der Waals surface area contributed by atoms with Gasteiger partial charge in [-0.2, -0.15) is 0 Å². The van der Waals surface area contributed by atoms with E-state index in [-0.39, 0.29) is 24.6 Å². The molecule has 4 rings (SSSR count). The highest BCUT2D eigenvalue weighted by Crippen LogP contribution is 2.24. The number of barbiturate groups is 1. The van der Waals surface area contributed by atoms with E-state index >= 15 is 0 Å². The van der Waals surface area contributed by atoms with E-state index in [0.29, 0.717) is 11.3 Å². The molecule has 3 N–H and O–H groups in total. The molecule has 3 heterocycles. The van der Waals surface area contributed by atoms with Gasteiger partial charge >= 0.3 is 6.03 Å². The number of carbonyl (C=O) groups excluding carboxylic acids is 4. The van der Waals surface area contributed by atoms with Gasteiger partial charge in [0.1, 0.15) is 17.9 Å². The van der Waals surface area contributed by atoms with Gasteiger partial charge in [-0.25, -0.2) is 4.79 Å². The number of fused-ring (bicyclic) bond motifs is 1. The maximum Gasteiger partial charge on any atom is 0.328 e. The zero-order valence-corrected chi connectivity index (χ0v) is 15.1. The van der Waals surface area contributed by atoms with Crippen LogP contribution in [-0.2, 0) is 27.5 Å². The fourth-order valence-electron chi connectivity index (χ4n) is 3.09. The summed E-state index contributed by atoms with van der Waals surface area (Å²) in [6.45, 7) is 0.317. The molecule has 0 radical (unpaired) electrons. The molecule has 2 aromatic heterocycles. The Morgan fingerprint density at radius 2 is 1.83 bits per heavy atom. The van der Waals surface area contributed by atoms with Crippen molar-refractivity contribution in [1.29, 1.82) is 0 Å². The second kappa shape index (κ2) is 7.47. The van der Waals surface area contributed by atoms with Crippen molar-refractivity contribution in [2.45, 2.75) is 13.1 Å². The lowest BCUT2D eigenvalue weighted by atomic mass is 10.1. The zero-order chi connectivity index (χ0) is 20.4. The van der Waals surface area contributed by atoms with Crippen molar-refractivity contribution in [2.24, 2.45) is 0 Å².